The number of aromatic nitrogens is 3. The summed E-state index contributed by atoms with van der Waals surface area (Å²) in [6.07, 6.45) is 8.30. The minimum absolute atomic E-state index is 0.0133. The van der Waals surface area contributed by atoms with E-state index in [1.165, 1.54) is 0 Å². The Labute approximate surface area is 101 Å². The monoisotopic (exact) mass is 234 g/mol. The van der Waals surface area contributed by atoms with E-state index in [1.54, 1.807) is 0 Å². The Hall–Kier alpha value is -1.83. The largest absolute Gasteiger partial charge is 0.346 e. The number of nitrogens with one attached hydrogen (secondary N) is 2. The molecule has 5 nitrogen and oxygen atoms in total. The lowest BCUT2D eigenvalue weighted by molar-refractivity contribution is 0.0926. The molecule has 17 heavy (non-hydrogen) atoms. The van der Waals surface area contributed by atoms with E-state index < -0.39 is 0 Å². The summed E-state index contributed by atoms with van der Waals surface area (Å²) in [5.41, 5.74) is 0. The summed E-state index contributed by atoms with van der Waals surface area (Å²) < 4.78 is 0. The molecule has 0 fully saturated rings. The third-order valence-corrected chi connectivity index (χ3v) is 2.41. The van der Waals surface area contributed by atoms with Crippen LogP contribution in [0.3, 0.4) is 0 Å². The summed E-state index contributed by atoms with van der Waals surface area (Å²) >= 11 is 0. The minimum Gasteiger partial charge on any atom is -0.346 e. The lowest BCUT2D eigenvalue weighted by Gasteiger charge is -2.12. The SMILES string of the molecule is C#CCC(CC)NC(=O)c1n[nH]c(CCC)n1. The molecule has 0 aliphatic carbocycles. The third-order valence-electron chi connectivity index (χ3n) is 2.41. The number of hydrogen-bond donors (Lipinski definition) is 2. The summed E-state index contributed by atoms with van der Waals surface area (Å²) in [5, 5.41) is 9.44. The van der Waals surface area contributed by atoms with E-state index in [1.807, 2.05) is 13.8 Å². The molecule has 1 rings (SSSR count). The molecule has 1 unspecified atom stereocenters. The van der Waals surface area contributed by atoms with Crippen molar-refractivity contribution in [1.29, 1.82) is 0 Å². The number of carbonyl (C=O) groups excluding carboxylic acids is 1. The van der Waals surface area contributed by atoms with Crippen molar-refractivity contribution in [2.45, 2.75) is 45.6 Å². The van der Waals surface area contributed by atoms with E-state index in [0.717, 1.165) is 25.1 Å². The zero-order valence-corrected chi connectivity index (χ0v) is 10.3. The third kappa shape index (κ3) is 3.91. The minimum atomic E-state index is -0.272. The predicted octanol–water partition coefficient (Wildman–Crippen LogP) is 1.29. The topological polar surface area (TPSA) is 70.7 Å². The van der Waals surface area contributed by atoms with Gasteiger partial charge in [0.25, 0.3) is 5.91 Å². The molecular formula is C12H18N4O. The van der Waals surface area contributed by atoms with Gasteiger partial charge < -0.3 is 5.32 Å². The Balaban J connectivity index is 2.59. The predicted molar refractivity (Wildman–Crippen MR) is 65.4 cm³/mol. The van der Waals surface area contributed by atoms with Gasteiger partial charge in [-0.1, -0.05) is 13.8 Å². The van der Waals surface area contributed by atoms with Crippen molar-refractivity contribution in [2.75, 3.05) is 0 Å². The van der Waals surface area contributed by atoms with Crippen molar-refractivity contribution in [2.24, 2.45) is 0 Å². The van der Waals surface area contributed by atoms with Gasteiger partial charge in [-0.3, -0.25) is 9.89 Å². The lowest BCUT2D eigenvalue weighted by atomic mass is 10.1. The van der Waals surface area contributed by atoms with Gasteiger partial charge in [-0.25, -0.2) is 4.98 Å². The van der Waals surface area contributed by atoms with Crippen LogP contribution in [-0.2, 0) is 6.42 Å². The van der Waals surface area contributed by atoms with Crippen molar-refractivity contribution < 1.29 is 4.79 Å². The van der Waals surface area contributed by atoms with Crippen molar-refractivity contribution in [3.05, 3.63) is 11.6 Å². The van der Waals surface area contributed by atoms with Gasteiger partial charge in [-0.2, -0.15) is 0 Å². The molecule has 0 spiro atoms. The van der Waals surface area contributed by atoms with Crippen LogP contribution in [-0.4, -0.2) is 27.1 Å². The van der Waals surface area contributed by atoms with Gasteiger partial charge in [0.15, 0.2) is 0 Å². The van der Waals surface area contributed by atoms with E-state index in [4.69, 9.17) is 6.42 Å². The summed E-state index contributed by atoms with van der Waals surface area (Å²) in [5.74, 6) is 3.19. The molecular weight excluding hydrogens is 216 g/mol. The highest BCUT2D eigenvalue weighted by Crippen LogP contribution is 2.00. The number of terminal acetylenes is 1. The van der Waals surface area contributed by atoms with E-state index >= 15 is 0 Å². The van der Waals surface area contributed by atoms with Gasteiger partial charge in [-0.05, 0) is 12.8 Å². The highest BCUT2D eigenvalue weighted by atomic mass is 16.2. The maximum Gasteiger partial charge on any atom is 0.291 e. The van der Waals surface area contributed by atoms with E-state index in [0.29, 0.717) is 6.42 Å². The number of carbonyl (C=O) groups is 1. The van der Waals surface area contributed by atoms with Gasteiger partial charge in [-0.15, -0.1) is 17.4 Å². The molecule has 0 aliphatic rings. The second-order valence-electron chi connectivity index (χ2n) is 3.84. The van der Waals surface area contributed by atoms with Crippen molar-refractivity contribution in [3.8, 4) is 12.3 Å². The van der Waals surface area contributed by atoms with E-state index in [2.05, 4.69) is 26.4 Å². The van der Waals surface area contributed by atoms with Gasteiger partial charge in [0.05, 0.1) is 0 Å². The molecule has 1 atom stereocenters. The molecule has 1 aromatic rings. The molecule has 0 aromatic carbocycles. The first-order valence-electron chi connectivity index (χ1n) is 5.86. The Kier molecular flexibility index (Phi) is 5.21. The van der Waals surface area contributed by atoms with Crippen LogP contribution in [0.25, 0.3) is 0 Å². The zero-order valence-electron chi connectivity index (χ0n) is 10.3. The normalized spacial score (nSPS) is 11.8. The van der Waals surface area contributed by atoms with Crippen molar-refractivity contribution in [3.63, 3.8) is 0 Å². The highest BCUT2D eigenvalue weighted by molar-refractivity contribution is 5.90. The fourth-order valence-electron chi connectivity index (χ4n) is 1.44. The van der Waals surface area contributed by atoms with Crippen LogP contribution in [0, 0.1) is 12.3 Å². The second-order valence-corrected chi connectivity index (χ2v) is 3.84. The molecule has 0 aliphatic heterocycles. The van der Waals surface area contributed by atoms with Crippen molar-refractivity contribution in [1.82, 2.24) is 20.5 Å². The molecule has 92 valence electrons. The fourth-order valence-corrected chi connectivity index (χ4v) is 1.44. The number of nitrogens with zero attached hydrogens (tertiary/aromatic N) is 2. The smallest absolute Gasteiger partial charge is 0.291 e. The van der Waals surface area contributed by atoms with Crippen LogP contribution in [0.2, 0.25) is 0 Å². The Morgan fingerprint density at radius 2 is 2.35 bits per heavy atom. The Morgan fingerprint density at radius 3 is 2.94 bits per heavy atom. The average Bonchev–Trinajstić information content (AvgIpc) is 2.77. The fraction of sp³-hybridized carbons (Fsp3) is 0.583. The Bertz CT molecular complexity index is 405. The second kappa shape index (κ2) is 6.69. The summed E-state index contributed by atoms with van der Waals surface area (Å²) in [6, 6.07) is -0.0133. The highest BCUT2D eigenvalue weighted by Gasteiger charge is 2.15. The molecule has 2 N–H and O–H groups in total. The summed E-state index contributed by atoms with van der Waals surface area (Å²) in [6.45, 7) is 4.02. The zero-order chi connectivity index (χ0) is 12.7. The van der Waals surface area contributed by atoms with Gasteiger partial charge in [0, 0.05) is 18.9 Å². The number of rotatable bonds is 6. The van der Waals surface area contributed by atoms with E-state index in [9.17, 15) is 4.79 Å². The molecule has 1 heterocycles. The molecule has 0 radical (unpaired) electrons. The molecule has 0 bridgehead atoms. The van der Waals surface area contributed by atoms with Crippen LogP contribution in [0.15, 0.2) is 0 Å². The maximum atomic E-state index is 11.8. The van der Waals surface area contributed by atoms with Crippen LogP contribution < -0.4 is 5.32 Å². The first-order chi connectivity index (χ1) is 8.21. The first-order valence-corrected chi connectivity index (χ1v) is 5.86. The van der Waals surface area contributed by atoms with Crippen LogP contribution in [0.5, 0.6) is 0 Å². The van der Waals surface area contributed by atoms with Crippen LogP contribution >= 0.6 is 0 Å². The number of aromatic amines is 1. The molecule has 5 heteroatoms. The quantitative estimate of drug-likeness (QED) is 0.729. The summed E-state index contributed by atoms with van der Waals surface area (Å²) in [7, 11) is 0. The molecule has 0 saturated heterocycles. The lowest BCUT2D eigenvalue weighted by Crippen LogP contribution is -2.34. The average molecular weight is 234 g/mol. The number of hydrogen-bond acceptors (Lipinski definition) is 3. The number of aryl methyl sites for hydroxylation is 1. The standard InChI is InChI=1S/C12H18N4O/c1-4-7-9(6-3)13-12(17)11-14-10(8-5-2)15-16-11/h1,9H,5-8H2,2-3H3,(H,13,17)(H,14,15,16). The van der Waals surface area contributed by atoms with Gasteiger partial charge in [0.1, 0.15) is 5.82 Å². The summed E-state index contributed by atoms with van der Waals surface area (Å²) in [4.78, 5) is 15.9. The molecule has 1 aromatic heterocycles. The first kappa shape index (κ1) is 13.2. The van der Waals surface area contributed by atoms with E-state index in [-0.39, 0.29) is 17.8 Å². The molecule has 0 saturated carbocycles. The van der Waals surface area contributed by atoms with Gasteiger partial charge in [0.2, 0.25) is 5.82 Å². The molecule has 1 amide bonds. The van der Waals surface area contributed by atoms with Crippen LogP contribution in [0.4, 0.5) is 0 Å². The van der Waals surface area contributed by atoms with Crippen LogP contribution in [0.1, 0.15) is 49.6 Å². The Morgan fingerprint density at radius 1 is 1.59 bits per heavy atom. The maximum absolute atomic E-state index is 11.8. The van der Waals surface area contributed by atoms with Crippen molar-refractivity contribution >= 4 is 5.91 Å². The van der Waals surface area contributed by atoms with Gasteiger partial charge >= 0.3 is 0 Å². The number of amides is 1. The number of H-pyrrole nitrogens is 1.